The van der Waals surface area contributed by atoms with E-state index >= 15 is 0 Å². The van der Waals surface area contributed by atoms with E-state index in [-0.39, 0.29) is 12.3 Å². The van der Waals surface area contributed by atoms with Gasteiger partial charge in [0, 0.05) is 17.5 Å². The summed E-state index contributed by atoms with van der Waals surface area (Å²) in [5.41, 5.74) is 2.97. The molecule has 2 aliphatic heterocycles. The number of nitrogens with zero attached hydrogens (tertiary/aromatic N) is 2. The Morgan fingerprint density at radius 1 is 1.00 bits per heavy atom. The lowest BCUT2D eigenvalue weighted by molar-refractivity contribution is -0.0209. The van der Waals surface area contributed by atoms with Crippen LogP contribution in [0.5, 0.6) is 17.2 Å². The van der Waals surface area contributed by atoms with Gasteiger partial charge in [0.15, 0.2) is 11.5 Å². The highest BCUT2D eigenvalue weighted by Gasteiger charge is 2.42. The third kappa shape index (κ3) is 2.60. The number of para-hydroxylation sites is 1. The Labute approximate surface area is 162 Å². The molecular formula is C22H20N2O4. The molecule has 0 saturated carbocycles. The van der Waals surface area contributed by atoms with Crippen molar-refractivity contribution < 1.29 is 18.6 Å². The molecule has 0 fully saturated rings. The van der Waals surface area contributed by atoms with Gasteiger partial charge in [0.2, 0.25) is 6.23 Å². The molecule has 0 unspecified atom stereocenters. The van der Waals surface area contributed by atoms with Gasteiger partial charge in [-0.1, -0.05) is 12.1 Å². The lowest BCUT2D eigenvalue weighted by atomic mass is 9.97. The summed E-state index contributed by atoms with van der Waals surface area (Å²) in [6, 6.07) is 17.7. The fourth-order valence-corrected chi connectivity index (χ4v) is 3.82. The number of furan rings is 1. The van der Waals surface area contributed by atoms with Gasteiger partial charge in [-0.15, -0.1) is 0 Å². The van der Waals surface area contributed by atoms with Crippen LogP contribution in [0.3, 0.4) is 0 Å². The van der Waals surface area contributed by atoms with E-state index < -0.39 is 0 Å². The minimum absolute atomic E-state index is 0.0473. The average molecular weight is 376 g/mol. The molecule has 0 amide bonds. The maximum absolute atomic E-state index is 6.42. The van der Waals surface area contributed by atoms with Crippen molar-refractivity contribution in [2.45, 2.75) is 18.7 Å². The van der Waals surface area contributed by atoms with Crippen LogP contribution in [-0.4, -0.2) is 24.9 Å². The minimum atomic E-state index is -0.368. The highest BCUT2D eigenvalue weighted by molar-refractivity contribution is 5.99. The van der Waals surface area contributed by atoms with Gasteiger partial charge in [-0.3, -0.25) is 0 Å². The largest absolute Gasteiger partial charge is 0.497 e. The summed E-state index contributed by atoms with van der Waals surface area (Å²) in [6.07, 6.45) is 2.04. The molecule has 3 aromatic rings. The lowest BCUT2D eigenvalue weighted by Crippen LogP contribution is -2.33. The summed E-state index contributed by atoms with van der Waals surface area (Å²) in [4.78, 5) is 0. The SMILES string of the molecule is COc1ccc([C@@H]2Oc3c(OC)cccc3[C@H]3CC(c4ccco4)=NN32)cc1. The number of hydrazone groups is 1. The van der Waals surface area contributed by atoms with E-state index in [2.05, 4.69) is 6.07 Å². The van der Waals surface area contributed by atoms with Crippen molar-refractivity contribution in [1.82, 2.24) is 5.01 Å². The van der Waals surface area contributed by atoms with Crippen molar-refractivity contribution in [3.05, 3.63) is 77.7 Å². The second-order valence-electron chi connectivity index (χ2n) is 6.75. The molecule has 142 valence electrons. The molecule has 0 bridgehead atoms. The Morgan fingerprint density at radius 3 is 2.57 bits per heavy atom. The topological polar surface area (TPSA) is 56.4 Å². The summed E-state index contributed by atoms with van der Waals surface area (Å²) in [5, 5.41) is 6.88. The van der Waals surface area contributed by atoms with Crippen LogP contribution in [0.4, 0.5) is 0 Å². The molecule has 0 aliphatic carbocycles. The molecular weight excluding hydrogens is 356 g/mol. The Morgan fingerprint density at radius 2 is 1.86 bits per heavy atom. The van der Waals surface area contributed by atoms with E-state index in [1.54, 1.807) is 20.5 Å². The number of methoxy groups -OCH3 is 2. The van der Waals surface area contributed by atoms with Crippen LogP contribution in [0, 0.1) is 0 Å². The van der Waals surface area contributed by atoms with Crippen molar-refractivity contribution in [1.29, 1.82) is 0 Å². The number of hydrogen-bond acceptors (Lipinski definition) is 6. The summed E-state index contributed by atoms with van der Waals surface area (Å²) in [7, 11) is 3.32. The van der Waals surface area contributed by atoms with Crippen LogP contribution >= 0.6 is 0 Å². The Bertz CT molecular complexity index is 1010. The second kappa shape index (κ2) is 6.64. The van der Waals surface area contributed by atoms with E-state index in [0.717, 1.165) is 46.3 Å². The molecule has 5 rings (SSSR count). The third-order valence-corrected chi connectivity index (χ3v) is 5.21. The van der Waals surface area contributed by atoms with Crippen molar-refractivity contribution in [2.75, 3.05) is 14.2 Å². The van der Waals surface area contributed by atoms with Gasteiger partial charge >= 0.3 is 0 Å². The Hall–Kier alpha value is -3.41. The highest BCUT2D eigenvalue weighted by Crippen LogP contribution is 2.50. The molecule has 0 radical (unpaired) electrons. The monoisotopic (exact) mass is 376 g/mol. The van der Waals surface area contributed by atoms with Crippen LogP contribution in [0.1, 0.15) is 35.6 Å². The molecule has 0 saturated heterocycles. The van der Waals surface area contributed by atoms with E-state index in [1.807, 2.05) is 53.5 Å². The van der Waals surface area contributed by atoms with Crippen LogP contribution in [0.15, 0.2) is 70.4 Å². The fraction of sp³-hybridized carbons (Fsp3) is 0.227. The standard InChI is InChI=1S/C22H20N2O4/c1-25-15-10-8-14(9-11-15)22-24-18(13-17(23-24)19-7-4-12-27-19)16-5-3-6-20(26-2)21(16)28-22/h3-12,18,22H,13H2,1-2H3/t18-,22+/m1/s1. The van der Waals surface area contributed by atoms with Gasteiger partial charge in [0.05, 0.1) is 26.5 Å². The summed E-state index contributed by atoms with van der Waals surface area (Å²) >= 11 is 0. The van der Waals surface area contributed by atoms with Gasteiger partial charge in [0.1, 0.15) is 17.2 Å². The number of ether oxygens (including phenoxy) is 3. The molecule has 2 aliphatic rings. The molecule has 2 aromatic carbocycles. The van der Waals surface area contributed by atoms with Crippen LogP contribution in [0.2, 0.25) is 0 Å². The third-order valence-electron chi connectivity index (χ3n) is 5.21. The summed E-state index contributed by atoms with van der Waals surface area (Å²) in [5.74, 6) is 3.08. The average Bonchev–Trinajstić information content (AvgIpc) is 3.42. The van der Waals surface area contributed by atoms with E-state index in [9.17, 15) is 0 Å². The van der Waals surface area contributed by atoms with Gasteiger partial charge in [0.25, 0.3) is 0 Å². The first-order chi connectivity index (χ1) is 13.8. The zero-order valence-corrected chi connectivity index (χ0v) is 15.7. The van der Waals surface area contributed by atoms with Crippen LogP contribution in [0.25, 0.3) is 0 Å². The normalized spacial score (nSPS) is 20.1. The first kappa shape index (κ1) is 16.7. The maximum atomic E-state index is 6.42. The molecule has 0 N–H and O–H groups in total. The zero-order valence-electron chi connectivity index (χ0n) is 15.7. The van der Waals surface area contributed by atoms with Crippen molar-refractivity contribution >= 4 is 5.71 Å². The van der Waals surface area contributed by atoms with E-state index in [0.29, 0.717) is 0 Å². The Kier molecular flexibility index (Phi) is 3.97. The number of fused-ring (bicyclic) bond motifs is 3. The smallest absolute Gasteiger partial charge is 0.214 e. The predicted octanol–water partition coefficient (Wildman–Crippen LogP) is 4.54. The predicted molar refractivity (Wildman–Crippen MR) is 104 cm³/mol. The molecule has 6 nitrogen and oxygen atoms in total. The molecule has 0 spiro atoms. The lowest BCUT2D eigenvalue weighted by Gasteiger charge is -2.38. The van der Waals surface area contributed by atoms with Gasteiger partial charge in [-0.2, -0.15) is 5.10 Å². The first-order valence-corrected chi connectivity index (χ1v) is 9.15. The van der Waals surface area contributed by atoms with E-state index in [4.69, 9.17) is 23.7 Å². The fourth-order valence-electron chi connectivity index (χ4n) is 3.82. The number of rotatable bonds is 4. The van der Waals surface area contributed by atoms with Gasteiger partial charge < -0.3 is 18.6 Å². The van der Waals surface area contributed by atoms with Gasteiger partial charge in [-0.25, -0.2) is 5.01 Å². The maximum Gasteiger partial charge on any atom is 0.214 e. The summed E-state index contributed by atoms with van der Waals surface area (Å²) in [6.45, 7) is 0. The molecule has 28 heavy (non-hydrogen) atoms. The van der Waals surface area contributed by atoms with Crippen LogP contribution in [-0.2, 0) is 0 Å². The van der Waals surface area contributed by atoms with E-state index in [1.165, 1.54) is 0 Å². The van der Waals surface area contributed by atoms with Crippen molar-refractivity contribution in [3.63, 3.8) is 0 Å². The molecule has 2 atom stereocenters. The summed E-state index contributed by atoms with van der Waals surface area (Å²) < 4.78 is 22.9. The number of hydrogen-bond donors (Lipinski definition) is 0. The zero-order chi connectivity index (χ0) is 19.1. The van der Waals surface area contributed by atoms with Crippen molar-refractivity contribution in [3.8, 4) is 17.2 Å². The molecule has 6 heteroatoms. The Balaban J connectivity index is 1.61. The second-order valence-corrected chi connectivity index (χ2v) is 6.75. The first-order valence-electron chi connectivity index (χ1n) is 9.15. The highest BCUT2D eigenvalue weighted by atomic mass is 16.5. The number of benzene rings is 2. The van der Waals surface area contributed by atoms with Crippen molar-refractivity contribution in [2.24, 2.45) is 5.10 Å². The van der Waals surface area contributed by atoms with Gasteiger partial charge in [-0.05, 0) is 42.5 Å². The molecule has 1 aromatic heterocycles. The van der Waals surface area contributed by atoms with Crippen LogP contribution < -0.4 is 14.2 Å². The minimum Gasteiger partial charge on any atom is -0.497 e. The molecule has 3 heterocycles. The quantitative estimate of drug-likeness (QED) is 0.669.